The molecule has 2 rings (SSSR count). The number of nitrogens with one attached hydrogen (secondary N) is 1. The number of hydrogen-bond acceptors (Lipinski definition) is 2. The van der Waals surface area contributed by atoms with Gasteiger partial charge < -0.3 is 5.32 Å². The molecule has 2 aromatic rings. The Labute approximate surface area is 129 Å². The van der Waals surface area contributed by atoms with Gasteiger partial charge in [-0.2, -0.15) is 5.10 Å². The van der Waals surface area contributed by atoms with Crippen LogP contribution in [0.15, 0.2) is 34.9 Å². The number of rotatable bonds is 5. The van der Waals surface area contributed by atoms with E-state index in [1.807, 2.05) is 12.3 Å². The van der Waals surface area contributed by atoms with Crippen molar-refractivity contribution < 1.29 is 0 Å². The quantitative estimate of drug-likeness (QED) is 0.733. The topological polar surface area (TPSA) is 29.9 Å². The second-order valence-corrected chi connectivity index (χ2v) is 6.10. The number of aryl methyl sites for hydroxylation is 1. The summed E-state index contributed by atoms with van der Waals surface area (Å²) in [5.74, 6) is 0. The second-order valence-electron chi connectivity index (χ2n) is 4.02. The molecule has 0 aliphatic carbocycles. The lowest BCUT2D eigenvalue weighted by molar-refractivity contribution is 0.578. The Bertz CT molecular complexity index is 525. The molecule has 3 nitrogen and oxygen atoms in total. The van der Waals surface area contributed by atoms with Gasteiger partial charge in [0.2, 0.25) is 0 Å². The molecule has 1 N–H and O–H groups in total. The largest absolute Gasteiger partial charge is 0.379 e. The van der Waals surface area contributed by atoms with Crippen molar-refractivity contribution in [2.45, 2.75) is 26.4 Å². The third-order valence-electron chi connectivity index (χ3n) is 2.63. The Kier molecular flexibility index (Phi) is 5.05. The average Bonchev–Trinajstić information content (AvgIpc) is 2.78. The zero-order valence-corrected chi connectivity index (χ0v) is 13.9. The normalized spacial score (nSPS) is 10.6. The maximum atomic E-state index is 4.32. The van der Waals surface area contributed by atoms with Crippen molar-refractivity contribution in [2.75, 3.05) is 5.32 Å². The van der Waals surface area contributed by atoms with Gasteiger partial charge in [-0.1, -0.05) is 22.9 Å². The minimum atomic E-state index is 0.798. The summed E-state index contributed by atoms with van der Waals surface area (Å²) in [7, 11) is 0. The Hall–Kier alpha value is -0.560. The molecular formula is C13H15BrIN3. The summed E-state index contributed by atoms with van der Waals surface area (Å²) >= 11 is 5.83. The third-order valence-corrected chi connectivity index (χ3v) is 4.06. The van der Waals surface area contributed by atoms with Gasteiger partial charge in [-0.05, 0) is 53.3 Å². The molecule has 18 heavy (non-hydrogen) atoms. The Morgan fingerprint density at radius 2 is 2.22 bits per heavy atom. The molecule has 0 saturated carbocycles. The summed E-state index contributed by atoms with van der Waals surface area (Å²) < 4.78 is 4.36. The number of benzene rings is 1. The molecule has 0 fully saturated rings. The maximum absolute atomic E-state index is 4.32. The first-order valence-electron chi connectivity index (χ1n) is 5.90. The molecule has 0 spiro atoms. The van der Waals surface area contributed by atoms with Crippen LogP contribution in [0, 0.1) is 3.57 Å². The summed E-state index contributed by atoms with van der Waals surface area (Å²) in [5.41, 5.74) is 2.36. The molecule has 1 aromatic heterocycles. The van der Waals surface area contributed by atoms with Crippen LogP contribution in [0.25, 0.3) is 0 Å². The number of hydrogen-bond donors (Lipinski definition) is 1. The van der Waals surface area contributed by atoms with Crippen LogP contribution >= 0.6 is 38.5 Å². The van der Waals surface area contributed by atoms with Crippen LogP contribution in [-0.2, 0) is 13.1 Å². The van der Waals surface area contributed by atoms with E-state index in [2.05, 4.69) is 78.7 Å². The van der Waals surface area contributed by atoms with Crippen LogP contribution in [0.4, 0.5) is 5.69 Å². The van der Waals surface area contributed by atoms with Crippen molar-refractivity contribution in [3.05, 3.63) is 44.2 Å². The SMILES string of the molecule is CCCn1nccc1CNc1cc(Br)ccc1I. The molecule has 0 atom stereocenters. The van der Waals surface area contributed by atoms with Gasteiger partial charge >= 0.3 is 0 Å². The van der Waals surface area contributed by atoms with Crippen LogP contribution < -0.4 is 5.32 Å². The predicted molar refractivity (Wildman–Crippen MR) is 86.7 cm³/mol. The first-order valence-corrected chi connectivity index (χ1v) is 7.77. The molecule has 96 valence electrons. The van der Waals surface area contributed by atoms with E-state index in [0.717, 1.165) is 29.7 Å². The summed E-state index contributed by atoms with van der Waals surface area (Å²) in [6, 6.07) is 8.31. The fourth-order valence-corrected chi connectivity index (χ4v) is 2.63. The average molecular weight is 420 g/mol. The molecule has 0 unspecified atom stereocenters. The molecule has 0 saturated heterocycles. The summed E-state index contributed by atoms with van der Waals surface area (Å²) in [6.45, 7) is 3.93. The van der Waals surface area contributed by atoms with Crippen LogP contribution in [0.5, 0.6) is 0 Å². The number of aromatic nitrogens is 2. The highest BCUT2D eigenvalue weighted by atomic mass is 127. The summed E-state index contributed by atoms with van der Waals surface area (Å²) in [5, 5.41) is 7.78. The van der Waals surface area contributed by atoms with Crippen LogP contribution in [-0.4, -0.2) is 9.78 Å². The molecule has 5 heteroatoms. The first-order chi connectivity index (χ1) is 8.70. The van der Waals surface area contributed by atoms with Crippen LogP contribution in [0.2, 0.25) is 0 Å². The fourth-order valence-electron chi connectivity index (χ4n) is 1.74. The number of nitrogens with zero attached hydrogens (tertiary/aromatic N) is 2. The molecule has 0 bridgehead atoms. The zero-order valence-electron chi connectivity index (χ0n) is 10.2. The van der Waals surface area contributed by atoms with Gasteiger partial charge in [-0.3, -0.25) is 4.68 Å². The van der Waals surface area contributed by atoms with Crippen molar-refractivity contribution in [3.8, 4) is 0 Å². The van der Waals surface area contributed by atoms with Crippen molar-refractivity contribution in [1.82, 2.24) is 9.78 Å². The van der Waals surface area contributed by atoms with Gasteiger partial charge in [0.25, 0.3) is 0 Å². The van der Waals surface area contributed by atoms with E-state index in [4.69, 9.17) is 0 Å². The van der Waals surface area contributed by atoms with E-state index < -0.39 is 0 Å². The molecule has 0 aliphatic rings. The van der Waals surface area contributed by atoms with E-state index in [1.54, 1.807) is 0 Å². The highest BCUT2D eigenvalue weighted by Crippen LogP contribution is 2.23. The lowest BCUT2D eigenvalue weighted by atomic mass is 10.3. The zero-order chi connectivity index (χ0) is 13.0. The van der Waals surface area contributed by atoms with E-state index in [0.29, 0.717) is 0 Å². The molecule has 1 aromatic carbocycles. The minimum Gasteiger partial charge on any atom is -0.379 e. The van der Waals surface area contributed by atoms with E-state index >= 15 is 0 Å². The third kappa shape index (κ3) is 3.47. The van der Waals surface area contributed by atoms with Gasteiger partial charge in [0.1, 0.15) is 0 Å². The highest BCUT2D eigenvalue weighted by molar-refractivity contribution is 14.1. The summed E-state index contributed by atoms with van der Waals surface area (Å²) in [6.07, 6.45) is 2.96. The lowest BCUT2D eigenvalue weighted by Crippen LogP contribution is -2.09. The van der Waals surface area contributed by atoms with Gasteiger partial charge in [0.15, 0.2) is 0 Å². The Morgan fingerprint density at radius 3 is 3.00 bits per heavy atom. The standard InChI is InChI=1S/C13H15BrIN3/c1-2-7-18-11(5-6-17-18)9-16-13-8-10(14)3-4-12(13)15/h3-6,8,16H,2,7,9H2,1H3. The number of halogens is 2. The van der Waals surface area contributed by atoms with Crippen molar-refractivity contribution in [3.63, 3.8) is 0 Å². The molecular weight excluding hydrogens is 405 g/mol. The van der Waals surface area contributed by atoms with E-state index in [-0.39, 0.29) is 0 Å². The van der Waals surface area contributed by atoms with E-state index in [1.165, 1.54) is 9.26 Å². The van der Waals surface area contributed by atoms with Crippen LogP contribution in [0.3, 0.4) is 0 Å². The first kappa shape index (κ1) is 13.9. The van der Waals surface area contributed by atoms with Crippen LogP contribution in [0.1, 0.15) is 19.0 Å². The van der Waals surface area contributed by atoms with Gasteiger partial charge in [-0.15, -0.1) is 0 Å². The van der Waals surface area contributed by atoms with Crippen molar-refractivity contribution >= 4 is 44.2 Å². The number of anilines is 1. The van der Waals surface area contributed by atoms with E-state index in [9.17, 15) is 0 Å². The molecule has 1 heterocycles. The molecule has 0 amide bonds. The molecule has 0 aliphatic heterocycles. The minimum absolute atomic E-state index is 0.798. The summed E-state index contributed by atoms with van der Waals surface area (Å²) in [4.78, 5) is 0. The van der Waals surface area contributed by atoms with Gasteiger partial charge in [-0.25, -0.2) is 0 Å². The predicted octanol–water partition coefficient (Wildman–Crippen LogP) is 4.27. The van der Waals surface area contributed by atoms with Gasteiger partial charge in [0.05, 0.1) is 12.2 Å². The lowest BCUT2D eigenvalue weighted by Gasteiger charge is -2.10. The molecule has 0 radical (unpaired) electrons. The smallest absolute Gasteiger partial charge is 0.0575 e. The monoisotopic (exact) mass is 419 g/mol. The Balaban J connectivity index is 2.06. The highest BCUT2D eigenvalue weighted by Gasteiger charge is 2.04. The van der Waals surface area contributed by atoms with Crippen molar-refractivity contribution in [2.24, 2.45) is 0 Å². The Morgan fingerprint density at radius 1 is 1.39 bits per heavy atom. The van der Waals surface area contributed by atoms with Gasteiger partial charge in [0, 0.05) is 26.5 Å². The fraction of sp³-hybridized carbons (Fsp3) is 0.308. The second kappa shape index (κ2) is 6.56. The van der Waals surface area contributed by atoms with Crippen molar-refractivity contribution in [1.29, 1.82) is 0 Å². The maximum Gasteiger partial charge on any atom is 0.0575 e.